The summed E-state index contributed by atoms with van der Waals surface area (Å²) in [5, 5.41) is 10.4. The number of carbonyl (C=O) groups is 2. The SMILES string of the molecule is Cc1onc(-c2c(F)cccc2Cl)c1C(=O)NCC1CCN(C(=O)Nc2ccc(Cl)cc2)CC1. The summed E-state index contributed by atoms with van der Waals surface area (Å²) in [4.78, 5) is 27.2. The smallest absolute Gasteiger partial charge is 0.321 e. The lowest BCUT2D eigenvalue weighted by molar-refractivity contribution is 0.0937. The third kappa shape index (κ3) is 5.34. The van der Waals surface area contributed by atoms with Crippen molar-refractivity contribution in [3.8, 4) is 11.3 Å². The molecule has 0 unspecified atom stereocenters. The Morgan fingerprint density at radius 2 is 1.85 bits per heavy atom. The number of rotatable bonds is 5. The molecule has 2 heterocycles. The van der Waals surface area contributed by atoms with Crippen molar-refractivity contribution in [2.24, 2.45) is 5.92 Å². The normalized spacial score (nSPS) is 14.2. The Kier molecular flexibility index (Phi) is 7.38. The third-order valence-corrected chi connectivity index (χ3v) is 6.40. The van der Waals surface area contributed by atoms with Gasteiger partial charge in [0.25, 0.3) is 5.91 Å². The molecule has 2 aromatic carbocycles. The van der Waals surface area contributed by atoms with Crippen molar-refractivity contribution in [2.75, 3.05) is 25.0 Å². The van der Waals surface area contributed by atoms with Crippen LogP contribution in [-0.2, 0) is 0 Å². The summed E-state index contributed by atoms with van der Waals surface area (Å²) < 4.78 is 19.6. The number of benzene rings is 2. The molecule has 10 heteroatoms. The molecule has 3 aromatic rings. The van der Waals surface area contributed by atoms with Gasteiger partial charge in [-0.15, -0.1) is 0 Å². The summed E-state index contributed by atoms with van der Waals surface area (Å²) in [6.45, 7) is 3.16. The van der Waals surface area contributed by atoms with Crippen molar-refractivity contribution in [3.05, 3.63) is 69.7 Å². The molecular weight excluding hydrogens is 482 g/mol. The topological polar surface area (TPSA) is 87.5 Å². The summed E-state index contributed by atoms with van der Waals surface area (Å²) >= 11 is 12.0. The van der Waals surface area contributed by atoms with Crippen molar-refractivity contribution in [1.29, 1.82) is 0 Å². The monoisotopic (exact) mass is 504 g/mol. The Balaban J connectivity index is 1.32. The number of carbonyl (C=O) groups excluding carboxylic acids is 2. The van der Waals surface area contributed by atoms with E-state index in [2.05, 4.69) is 15.8 Å². The maximum Gasteiger partial charge on any atom is 0.321 e. The summed E-state index contributed by atoms with van der Waals surface area (Å²) in [6, 6.07) is 11.0. The van der Waals surface area contributed by atoms with E-state index in [1.807, 2.05) is 0 Å². The average molecular weight is 505 g/mol. The third-order valence-electron chi connectivity index (χ3n) is 5.84. The molecule has 2 N–H and O–H groups in total. The minimum atomic E-state index is -0.584. The predicted octanol–water partition coefficient (Wildman–Crippen LogP) is 5.77. The zero-order valence-electron chi connectivity index (χ0n) is 18.4. The van der Waals surface area contributed by atoms with Gasteiger partial charge in [-0.2, -0.15) is 0 Å². The molecule has 0 bridgehead atoms. The number of urea groups is 1. The van der Waals surface area contributed by atoms with Gasteiger partial charge in [0.1, 0.15) is 22.8 Å². The molecule has 0 spiro atoms. The van der Waals surface area contributed by atoms with Crippen LogP contribution in [0.5, 0.6) is 0 Å². The molecule has 1 saturated heterocycles. The van der Waals surface area contributed by atoms with Gasteiger partial charge in [0.2, 0.25) is 0 Å². The van der Waals surface area contributed by atoms with Crippen molar-refractivity contribution in [3.63, 3.8) is 0 Å². The number of amides is 3. The standard InChI is InChI=1S/C24H23Cl2FN4O3/c1-14-20(22(30-34-14)21-18(26)3-2-4-19(21)27)23(32)28-13-15-9-11-31(12-10-15)24(33)29-17-7-5-16(25)6-8-17/h2-8,15H,9-13H2,1H3,(H,28,32)(H,29,33). The zero-order valence-corrected chi connectivity index (χ0v) is 19.9. The lowest BCUT2D eigenvalue weighted by Crippen LogP contribution is -2.43. The van der Waals surface area contributed by atoms with E-state index < -0.39 is 11.7 Å². The molecule has 0 atom stereocenters. The first-order valence-electron chi connectivity index (χ1n) is 10.8. The maximum absolute atomic E-state index is 14.4. The summed E-state index contributed by atoms with van der Waals surface area (Å²) in [5.41, 5.74) is 0.948. The Labute approximate surface area is 206 Å². The molecule has 34 heavy (non-hydrogen) atoms. The van der Waals surface area contributed by atoms with E-state index in [0.29, 0.717) is 30.3 Å². The number of hydrogen-bond donors (Lipinski definition) is 2. The Bertz CT molecular complexity index is 1170. The van der Waals surface area contributed by atoms with Crippen LogP contribution < -0.4 is 10.6 Å². The highest BCUT2D eigenvalue weighted by atomic mass is 35.5. The molecule has 0 aliphatic carbocycles. The molecule has 1 fully saturated rings. The molecule has 178 valence electrons. The molecular formula is C24H23Cl2FN4O3. The average Bonchev–Trinajstić information content (AvgIpc) is 3.20. The van der Waals surface area contributed by atoms with Crippen molar-refractivity contribution in [2.45, 2.75) is 19.8 Å². The van der Waals surface area contributed by atoms with E-state index in [9.17, 15) is 14.0 Å². The molecule has 4 rings (SSSR count). The van der Waals surface area contributed by atoms with E-state index in [4.69, 9.17) is 27.7 Å². The van der Waals surface area contributed by atoms with Crippen LogP contribution >= 0.6 is 23.2 Å². The fourth-order valence-corrected chi connectivity index (χ4v) is 4.31. The molecule has 1 aromatic heterocycles. The van der Waals surface area contributed by atoms with Crippen LogP contribution in [-0.4, -0.2) is 41.6 Å². The number of halogens is 3. The molecule has 0 saturated carbocycles. The van der Waals surface area contributed by atoms with Gasteiger partial charge < -0.3 is 20.1 Å². The number of anilines is 1. The second kappa shape index (κ2) is 10.4. The first kappa shape index (κ1) is 24.0. The van der Waals surface area contributed by atoms with Crippen LogP contribution in [0.15, 0.2) is 47.0 Å². The highest BCUT2D eigenvalue weighted by molar-refractivity contribution is 6.33. The van der Waals surface area contributed by atoms with Gasteiger partial charge in [-0.3, -0.25) is 4.79 Å². The maximum atomic E-state index is 14.4. The molecule has 0 radical (unpaired) electrons. The van der Waals surface area contributed by atoms with Gasteiger partial charge in [-0.25, -0.2) is 9.18 Å². The second-order valence-electron chi connectivity index (χ2n) is 8.14. The number of piperidine rings is 1. The van der Waals surface area contributed by atoms with Gasteiger partial charge in [-0.1, -0.05) is 34.4 Å². The van der Waals surface area contributed by atoms with E-state index in [0.717, 1.165) is 12.8 Å². The van der Waals surface area contributed by atoms with Gasteiger partial charge in [0.05, 0.1) is 10.6 Å². The molecule has 7 nitrogen and oxygen atoms in total. The summed E-state index contributed by atoms with van der Waals surface area (Å²) in [6.07, 6.45) is 1.48. The number of hydrogen-bond acceptors (Lipinski definition) is 4. The highest BCUT2D eigenvalue weighted by Gasteiger charge is 2.27. The van der Waals surface area contributed by atoms with Crippen LogP contribution in [0.1, 0.15) is 29.0 Å². The van der Waals surface area contributed by atoms with E-state index in [1.165, 1.54) is 18.2 Å². The lowest BCUT2D eigenvalue weighted by Gasteiger charge is -2.32. The molecule has 1 aliphatic rings. The number of likely N-dealkylation sites (tertiary alicyclic amines) is 1. The van der Waals surface area contributed by atoms with Crippen molar-refractivity contribution >= 4 is 40.8 Å². The first-order chi connectivity index (χ1) is 16.3. The van der Waals surface area contributed by atoms with E-state index >= 15 is 0 Å². The van der Waals surface area contributed by atoms with Crippen LogP contribution in [0, 0.1) is 18.7 Å². The number of aromatic nitrogens is 1. The van der Waals surface area contributed by atoms with Crippen LogP contribution in [0.25, 0.3) is 11.3 Å². The predicted molar refractivity (Wildman–Crippen MR) is 129 cm³/mol. The number of aryl methyl sites for hydroxylation is 1. The second-order valence-corrected chi connectivity index (χ2v) is 8.98. The Morgan fingerprint density at radius 3 is 2.53 bits per heavy atom. The largest absolute Gasteiger partial charge is 0.360 e. The summed E-state index contributed by atoms with van der Waals surface area (Å²) in [5.74, 6) is -0.514. The molecule has 1 aliphatic heterocycles. The van der Waals surface area contributed by atoms with E-state index in [1.54, 1.807) is 36.1 Å². The fourth-order valence-electron chi connectivity index (χ4n) is 3.94. The number of nitrogens with zero attached hydrogens (tertiary/aromatic N) is 2. The Hall–Kier alpha value is -3.10. The minimum Gasteiger partial charge on any atom is -0.360 e. The van der Waals surface area contributed by atoms with Crippen LogP contribution in [0.2, 0.25) is 10.0 Å². The van der Waals surface area contributed by atoms with Crippen LogP contribution in [0.3, 0.4) is 0 Å². The molecule has 3 amide bonds. The minimum absolute atomic E-state index is 0.0335. The van der Waals surface area contributed by atoms with Crippen molar-refractivity contribution in [1.82, 2.24) is 15.4 Å². The van der Waals surface area contributed by atoms with Gasteiger partial charge in [-0.05, 0) is 62.1 Å². The van der Waals surface area contributed by atoms with Gasteiger partial charge >= 0.3 is 6.03 Å². The zero-order chi connectivity index (χ0) is 24.2. The van der Waals surface area contributed by atoms with E-state index in [-0.39, 0.29) is 39.6 Å². The fraction of sp³-hybridized carbons (Fsp3) is 0.292. The first-order valence-corrected chi connectivity index (χ1v) is 11.6. The lowest BCUT2D eigenvalue weighted by atomic mass is 9.96. The van der Waals surface area contributed by atoms with Gasteiger partial charge in [0, 0.05) is 30.3 Å². The highest BCUT2D eigenvalue weighted by Crippen LogP contribution is 2.33. The van der Waals surface area contributed by atoms with Crippen LogP contribution in [0.4, 0.5) is 14.9 Å². The Morgan fingerprint density at radius 1 is 1.15 bits per heavy atom. The summed E-state index contributed by atoms with van der Waals surface area (Å²) in [7, 11) is 0. The number of nitrogens with one attached hydrogen (secondary N) is 2. The van der Waals surface area contributed by atoms with Crippen molar-refractivity contribution < 1.29 is 18.5 Å². The quantitative estimate of drug-likeness (QED) is 0.461. The van der Waals surface area contributed by atoms with Gasteiger partial charge in [0.15, 0.2) is 0 Å².